The van der Waals surface area contributed by atoms with E-state index in [1.807, 2.05) is 30.3 Å². The van der Waals surface area contributed by atoms with Gasteiger partial charge in [-0.15, -0.1) is 0 Å². The van der Waals surface area contributed by atoms with Gasteiger partial charge in [-0.25, -0.2) is 0 Å². The number of hydrogen-bond donors (Lipinski definition) is 2. The Labute approximate surface area is 118 Å². The minimum absolute atomic E-state index is 0.0904. The molecule has 20 heavy (non-hydrogen) atoms. The number of aliphatic carboxylic acids is 1. The van der Waals surface area contributed by atoms with E-state index in [9.17, 15) is 13.2 Å². The zero-order valence-corrected chi connectivity index (χ0v) is 12.0. The van der Waals surface area contributed by atoms with Gasteiger partial charge in [-0.05, 0) is 24.3 Å². The molecule has 1 aliphatic rings. The number of carboxylic acid groups (broad SMARTS) is 1. The van der Waals surface area contributed by atoms with E-state index in [0.29, 0.717) is 0 Å². The highest BCUT2D eigenvalue weighted by Crippen LogP contribution is 2.33. The third-order valence-corrected chi connectivity index (χ3v) is 4.80. The molecule has 1 atom stereocenters. The zero-order chi connectivity index (χ0) is 14.8. The van der Waals surface area contributed by atoms with Crippen LogP contribution in [0.15, 0.2) is 30.3 Å². The van der Waals surface area contributed by atoms with Gasteiger partial charge >= 0.3 is 5.97 Å². The zero-order valence-electron chi connectivity index (χ0n) is 11.2. The Kier molecular flexibility index (Phi) is 4.42. The predicted molar refractivity (Wildman–Crippen MR) is 74.1 cm³/mol. The first-order chi connectivity index (χ1) is 9.40. The lowest BCUT2D eigenvalue weighted by Crippen LogP contribution is -2.47. The Bertz CT molecular complexity index is 569. The lowest BCUT2D eigenvalue weighted by molar-refractivity contribution is -0.139. The van der Waals surface area contributed by atoms with Crippen LogP contribution in [0.4, 0.5) is 0 Å². The molecule has 1 fully saturated rings. The highest BCUT2D eigenvalue weighted by atomic mass is 32.2. The minimum Gasteiger partial charge on any atom is -0.480 e. The van der Waals surface area contributed by atoms with Crippen molar-refractivity contribution in [3.8, 4) is 0 Å². The van der Waals surface area contributed by atoms with Crippen LogP contribution in [0.3, 0.4) is 0 Å². The second kappa shape index (κ2) is 5.90. The molecule has 0 aliphatic heterocycles. The molecule has 0 bridgehead atoms. The average molecular weight is 298 g/mol. The van der Waals surface area contributed by atoms with Gasteiger partial charge in [0.15, 0.2) is 0 Å². The van der Waals surface area contributed by atoms with Gasteiger partial charge in [0.1, 0.15) is 6.04 Å². The van der Waals surface area contributed by atoms with Crippen molar-refractivity contribution in [2.75, 3.05) is 7.05 Å². The number of benzene rings is 1. The largest absolute Gasteiger partial charge is 0.480 e. The van der Waals surface area contributed by atoms with Gasteiger partial charge in [-0.2, -0.15) is 17.4 Å². The molecule has 0 aromatic heterocycles. The molecular formula is C13H18N2O4S. The average Bonchev–Trinajstić information content (AvgIpc) is 3.21. The number of hydrogen-bond acceptors (Lipinski definition) is 3. The standard InChI is InChI=1S/C13H18N2O4S/c1-15(9-10-5-3-2-4-6-10)20(18,19)14-12(13(16)17)11-7-8-11/h2-6,11-12,14H,7-9H2,1H3,(H,16,17). The molecule has 0 saturated heterocycles. The summed E-state index contributed by atoms with van der Waals surface area (Å²) < 4.78 is 27.7. The summed E-state index contributed by atoms with van der Waals surface area (Å²) in [7, 11) is -2.37. The van der Waals surface area contributed by atoms with Crippen LogP contribution in [0.25, 0.3) is 0 Å². The maximum absolute atomic E-state index is 12.1. The first-order valence-electron chi connectivity index (χ1n) is 6.40. The monoisotopic (exact) mass is 298 g/mol. The SMILES string of the molecule is CN(Cc1ccccc1)S(=O)(=O)NC(C(=O)O)C1CC1. The second-order valence-electron chi connectivity index (χ2n) is 5.02. The van der Waals surface area contributed by atoms with Gasteiger partial charge < -0.3 is 5.11 Å². The van der Waals surface area contributed by atoms with E-state index in [1.165, 1.54) is 7.05 Å². The Hall–Kier alpha value is -1.44. The third kappa shape index (κ3) is 3.78. The fourth-order valence-electron chi connectivity index (χ4n) is 1.95. The summed E-state index contributed by atoms with van der Waals surface area (Å²) in [5, 5.41) is 9.07. The highest BCUT2D eigenvalue weighted by Gasteiger charge is 2.39. The molecule has 1 aliphatic carbocycles. The number of nitrogens with one attached hydrogen (secondary N) is 1. The van der Waals surface area contributed by atoms with Crippen LogP contribution in [-0.4, -0.2) is 36.9 Å². The molecule has 7 heteroatoms. The summed E-state index contributed by atoms with van der Waals surface area (Å²) in [5.74, 6) is -1.21. The molecule has 0 amide bonds. The minimum atomic E-state index is -3.81. The van der Waals surface area contributed by atoms with Crippen molar-refractivity contribution in [1.82, 2.24) is 9.03 Å². The van der Waals surface area contributed by atoms with Gasteiger partial charge in [0.25, 0.3) is 10.2 Å². The number of carbonyl (C=O) groups is 1. The summed E-state index contributed by atoms with van der Waals surface area (Å²) >= 11 is 0. The van der Waals surface area contributed by atoms with Crippen LogP contribution in [0.2, 0.25) is 0 Å². The number of nitrogens with zero attached hydrogens (tertiary/aromatic N) is 1. The summed E-state index contributed by atoms with van der Waals surface area (Å²) in [5.41, 5.74) is 0.846. The summed E-state index contributed by atoms with van der Waals surface area (Å²) in [6.07, 6.45) is 1.50. The lowest BCUT2D eigenvalue weighted by atomic mass is 10.2. The van der Waals surface area contributed by atoms with E-state index in [1.54, 1.807) is 0 Å². The van der Waals surface area contributed by atoms with E-state index >= 15 is 0 Å². The van der Waals surface area contributed by atoms with Crippen molar-refractivity contribution in [2.45, 2.75) is 25.4 Å². The maximum Gasteiger partial charge on any atom is 0.322 e. The Morgan fingerprint density at radius 1 is 1.40 bits per heavy atom. The molecular weight excluding hydrogens is 280 g/mol. The number of rotatable bonds is 7. The quantitative estimate of drug-likeness (QED) is 0.780. The Balaban J connectivity index is 2.03. The molecule has 2 N–H and O–H groups in total. The van der Waals surface area contributed by atoms with Crippen LogP contribution in [0.1, 0.15) is 18.4 Å². The van der Waals surface area contributed by atoms with E-state index in [0.717, 1.165) is 22.7 Å². The molecule has 6 nitrogen and oxygen atoms in total. The molecule has 2 rings (SSSR count). The Morgan fingerprint density at radius 2 is 2.00 bits per heavy atom. The third-order valence-electron chi connectivity index (χ3n) is 3.29. The van der Waals surface area contributed by atoms with Crippen LogP contribution < -0.4 is 4.72 Å². The van der Waals surface area contributed by atoms with E-state index < -0.39 is 22.2 Å². The fraction of sp³-hybridized carbons (Fsp3) is 0.462. The van der Waals surface area contributed by atoms with E-state index in [2.05, 4.69) is 4.72 Å². The first-order valence-corrected chi connectivity index (χ1v) is 7.84. The van der Waals surface area contributed by atoms with Gasteiger partial charge in [0.2, 0.25) is 0 Å². The summed E-state index contributed by atoms with van der Waals surface area (Å²) in [4.78, 5) is 11.1. The topological polar surface area (TPSA) is 86.7 Å². The molecule has 110 valence electrons. The molecule has 0 radical (unpaired) electrons. The van der Waals surface area contributed by atoms with Crippen molar-refractivity contribution in [2.24, 2.45) is 5.92 Å². The molecule has 1 unspecified atom stereocenters. The van der Waals surface area contributed by atoms with Gasteiger partial charge in [0, 0.05) is 13.6 Å². The summed E-state index contributed by atoms with van der Waals surface area (Å²) in [6, 6.07) is 8.12. The molecule has 1 saturated carbocycles. The van der Waals surface area contributed by atoms with Crippen molar-refractivity contribution in [1.29, 1.82) is 0 Å². The van der Waals surface area contributed by atoms with Crippen molar-refractivity contribution >= 4 is 16.2 Å². The van der Waals surface area contributed by atoms with Crippen molar-refractivity contribution < 1.29 is 18.3 Å². The molecule has 1 aromatic rings. The fourth-order valence-corrected chi connectivity index (χ4v) is 3.07. The predicted octanol–water partition coefficient (Wildman–Crippen LogP) is 0.816. The summed E-state index contributed by atoms with van der Waals surface area (Å²) in [6.45, 7) is 0.202. The van der Waals surface area contributed by atoms with E-state index in [4.69, 9.17) is 5.11 Å². The van der Waals surface area contributed by atoms with Crippen LogP contribution in [0, 0.1) is 5.92 Å². The van der Waals surface area contributed by atoms with Crippen LogP contribution in [0.5, 0.6) is 0 Å². The smallest absolute Gasteiger partial charge is 0.322 e. The molecule has 0 heterocycles. The van der Waals surface area contributed by atoms with Gasteiger partial charge in [0.05, 0.1) is 0 Å². The van der Waals surface area contributed by atoms with Crippen molar-refractivity contribution in [3.05, 3.63) is 35.9 Å². The van der Waals surface area contributed by atoms with Crippen LogP contribution >= 0.6 is 0 Å². The Morgan fingerprint density at radius 3 is 2.50 bits per heavy atom. The second-order valence-corrected chi connectivity index (χ2v) is 6.83. The number of carboxylic acids is 1. The van der Waals surface area contributed by atoms with Gasteiger partial charge in [-0.1, -0.05) is 30.3 Å². The molecule has 0 spiro atoms. The highest BCUT2D eigenvalue weighted by molar-refractivity contribution is 7.87. The van der Waals surface area contributed by atoms with E-state index in [-0.39, 0.29) is 12.5 Å². The van der Waals surface area contributed by atoms with Crippen LogP contribution in [-0.2, 0) is 21.5 Å². The van der Waals surface area contributed by atoms with Crippen molar-refractivity contribution in [3.63, 3.8) is 0 Å². The first kappa shape index (κ1) is 15.0. The lowest BCUT2D eigenvalue weighted by Gasteiger charge is -2.21. The maximum atomic E-state index is 12.1. The molecule has 1 aromatic carbocycles. The van der Waals surface area contributed by atoms with Gasteiger partial charge in [-0.3, -0.25) is 4.79 Å². The normalized spacial score (nSPS) is 17.1.